The second kappa shape index (κ2) is 9.21. The van der Waals surface area contributed by atoms with E-state index in [1.165, 1.54) is 50.6 Å². The molecule has 3 aromatic carbocycles. The summed E-state index contributed by atoms with van der Waals surface area (Å²) in [6.07, 6.45) is 0. The number of benzene rings is 3. The summed E-state index contributed by atoms with van der Waals surface area (Å²) in [5, 5.41) is 9.26. The topological polar surface area (TPSA) is 111 Å². The first-order valence-electron chi connectivity index (χ1n) is 10.8. The van der Waals surface area contributed by atoms with E-state index in [0.717, 1.165) is 4.57 Å². The third-order valence-corrected chi connectivity index (χ3v) is 6.70. The van der Waals surface area contributed by atoms with E-state index >= 15 is 0 Å². The first-order chi connectivity index (χ1) is 17.8. The van der Waals surface area contributed by atoms with E-state index in [1.54, 1.807) is 18.2 Å². The summed E-state index contributed by atoms with van der Waals surface area (Å²) in [4.78, 5) is 45.4. The minimum absolute atomic E-state index is 0.0705. The van der Waals surface area contributed by atoms with Gasteiger partial charge >= 0.3 is 0 Å². The van der Waals surface area contributed by atoms with Gasteiger partial charge in [-0.1, -0.05) is 23.2 Å². The molecule has 0 amide bonds. The quantitative estimate of drug-likeness (QED) is 0.349. The van der Waals surface area contributed by atoms with Crippen LogP contribution in [-0.4, -0.2) is 18.8 Å². The van der Waals surface area contributed by atoms with Crippen LogP contribution in [0.15, 0.2) is 74.0 Å². The number of fused-ring (bicyclic) bond motifs is 1. The number of aromatic nitrogens is 1. The van der Waals surface area contributed by atoms with Gasteiger partial charge in [-0.3, -0.25) is 14.4 Å². The lowest BCUT2D eigenvalue weighted by Crippen LogP contribution is -2.26. The summed E-state index contributed by atoms with van der Waals surface area (Å²) in [6, 6.07) is 15.5. The molecule has 2 aliphatic rings. The minimum Gasteiger partial charge on any atom is -0.497 e. The second-order valence-corrected chi connectivity index (χ2v) is 8.81. The maximum absolute atomic E-state index is 13.7. The standard InChI is InChI=1S/C27H15Cl2N3O5/c1-36-15-7-8-20(21(9-15)37-2)31-24-16-10-18(28)19(29)11-17(16)25(33)23-22(24)26(34)32(27(23)35)14-5-3-13(12-30)4-6-14/h3-11H,1-2H3/b31-24-. The highest BCUT2D eigenvalue weighted by Crippen LogP contribution is 2.31. The lowest BCUT2D eigenvalue weighted by molar-refractivity contribution is 0.395. The van der Waals surface area contributed by atoms with Crippen molar-refractivity contribution in [3.63, 3.8) is 0 Å². The Labute approximate surface area is 218 Å². The molecular weight excluding hydrogens is 517 g/mol. The molecule has 8 nitrogen and oxygen atoms in total. The Balaban J connectivity index is 2.02. The fraction of sp³-hybridized carbons (Fsp3) is 0.0741. The molecule has 0 radical (unpaired) electrons. The monoisotopic (exact) mass is 531 g/mol. The number of halogens is 2. The molecule has 0 atom stereocenters. The summed E-state index contributed by atoms with van der Waals surface area (Å²) in [6.45, 7) is 0. The van der Waals surface area contributed by atoms with Crippen LogP contribution in [0.2, 0.25) is 10.0 Å². The van der Waals surface area contributed by atoms with E-state index in [4.69, 9.17) is 37.9 Å². The van der Waals surface area contributed by atoms with Crippen LogP contribution >= 0.6 is 23.2 Å². The molecule has 37 heavy (non-hydrogen) atoms. The molecule has 0 spiro atoms. The molecule has 0 N–H and O–H groups in total. The predicted octanol–water partition coefficient (Wildman–Crippen LogP) is 3.74. The maximum atomic E-state index is 13.7. The Morgan fingerprint density at radius 1 is 0.838 bits per heavy atom. The zero-order valence-corrected chi connectivity index (χ0v) is 20.8. The van der Waals surface area contributed by atoms with E-state index in [2.05, 4.69) is 4.99 Å². The second-order valence-electron chi connectivity index (χ2n) is 7.99. The average Bonchev–Trinajstić information content (AvgIpc) is 3.17. The average molecular weight is 532 g/mol. The van der Waals surface area contributed by atoms with Crippen molar-refractivity contribution in [2.45, 2.75) is 0 Å². The lowest BCUT2D eigenvalue weighted by atomic mass is 10.1. The predicted molar refractivity (Wildman–Crippen MR) is 139 cm³/mol. The van der Waals surface area contributed by atoms with Crippen molar-refractivity contribution in [1.29, 1.82) is 5.26 Å². The Morgan fingerprint density at radius 3 is 2.11 bits per heavy atom. The van der Waals surface area contributed by atoms with Crippen molar-refractivity contribution < 1.29 is 9.47 Å². The number of rotatable bonds is 4. The number of hydrogen-bond donors (Lipinski definition) is 0. The highest BCUT2D eigenvalue weighted by molar-refractivity contribution is 6.42. The molecule has 0 aromatic heterocycles. The van der Waals surface area contributed by atoms with Crippen LogP contribution in [0, 0.1) is 21.8 Å². The number of nitrogens with zero attached hydrogens (tertiary/aromatic N) is 3. The van der Waals surface area contributed by atoms with E-state index in [-0.39, 0.29) is 42.3 Å². The lowest BCUT2D eigenvalue weighted by Gasteiger charge is -2.07. The van der Waals surface area contributed by atoms with Gasteiger partial charge in [0.1, 0.15) is 22.4 Å². The Kier molecular flexibility index (Phi) is 6.04. The summed E-state index contributed by atoms with van der Waals surface area (Å²) >= 11 is 12.5. The fourth-order valence-electron chi connectivity index (χ4n) is 4.19. The largest absolute Gasteiger partial charge is 0.497 e. The van der Waals surface area contributed by atoms with Crippen molar-refractivity contribution in [1.82, 2.24) is 4.57 Å². The highest BCUT2D eigenvalue weighted by atomic mass is 35.5. The van der Waals surface area contributed by atoms with Crippen LogP contribution in [0.25, 0.3) is 16.5 Å². The molecule has 182 valence electrons. The number of ether oxygens (including phenoxy) is 2. The molecule has 5 rings (SSSR count). The third kappa shape index (κ3) is 3.85. The van der Waals surface area contributed by atoms with Crippen molar-refractivity contribution in [2.75, 3.05) is 14.2 Å². The molecule has 0 unspecified atom stereocenters. The number of methoxy groups -OCH3 is 2. The molecule has 1 aliphatic carbocycles. The molecule has 3 aromatic rings. The maximum Gasteiger partial charge on any atom is 0.270 e. The van der Waals surface area contributed by atoms with Gasteiger partial charge in [-0.05, 0) is 48.5 Å². The highest BCUT2D eigenvalue weighted by Gasteiger charge is 2.20. The van der Waals surface area contributed by atoms with Gasteiger partial charge in [-0.15, -0.1) is 0 Å². The molecule has 10 heteroatoms. The van der Waals surface area contributed by atoms with Gasteiger partial charge in [-0.25, -0.2) is 9.56 Å². The zero-order valence-electron chi connectivity index (χ0n) is 19.3. The summed E-state index contributed by atoms with van der Waals surface area (Å²) < 4.78 is 11.6. The van der Waals surface area contributed by atoms with Gasteiger partial charge < -0.3 is 9.47 Å². The smallest absolute Gasteiger partial charge is 0.270 e. The van der Waals surface area contributed by atoms with Crippen molar-refractivity contribution in [3.05, 3.63) is 117 Å². The molecule has 1 aliphatic heterocycles. The third-order valence-electron chi connectivity index (χ3n) is 5.98. The van der Waals surface area contributed by atoms with Gasteiger partial charge in [0.25, 0.3) is 11.1 Å². The van der Waals surface area contributed by atoms with Crippen molar-refractivity contribution >= 4 is 39.7 Å². The molecule has 0 bridgehead atoms. The Bertz CT molecular complexity index is 2050. The Morgan fingerprint density at radius 2 is 1.49 bits per heavy atom. The molecule has 0 saturated heterocycles. The van der Waals surface area contributed by atoms with Crippen LogP contribution < -0.4 is 31.4 Å². The van der Waals surface area contributed by atoms with Crippen LogP contribution in [-0.2, 0) is 0 Å². The van der Waals surface area contributed by atoms with Gasteiger partial charge in [0.15, 0.2) is 5.43 Å². The van der Waals surface area contributed by atoms with Gasteiger partial charge in [0.05, 0.1) is 52.2 Å². The Hall–Kier alpha value is -4.45. The fourth-order valence-corrected chi connectivity index (χ4v) is 4.52. The molecule has 0 fully saturated rings. The van der Waals surface area contributed by atoms with E-state index in [1.807, 2.05) is 6.07 Å². The summed E-state index contributed by atoms with van der Waals surface area (Å²) in [7, 11) is 2.96. The van der Waals surface area contributed by atoms with Crippen molar-refractivity contribution in [3.8, 4) is 23.3 Å². The zero-order chi connectivity index (χ0) is 26.4. The normalized spacial score (nSPS) is 11.7. The SMILES string of the molecule is COc1ccc(/N=c2\c3c(=O)n(-c4ccc(C#N)cc4)c(=O)c=3c(=O)c3cc(Cl)c(Cl)cc23)c(OC)c1. The first kappa shape index (κ1) is 24.3. The van der Waals surface area contributed by atoms with Crippen LogP contribution in [0.5, 0.6) is 11.5 Å². The van der Waals surface area contributed by atoms with Crippen LogP contribution in [0.4, 0.5) is 5.69 Å². The first-order valence-corrected chi connectivity index (χ1v) is 11.5. The number of nitriles is 1. The summed E-state index contributed by atoms with van der Waals surface area (Å²) in [5.74, 6) is 0.863. The molecule has 0 saturated carbocycles. The van der Waals surface area contributed by atoms with Crippen LogP contribution in [0.1, 0.15) is 5.56 Å². The summed E-state index contributed by atoms with van der Waals surface area (Å²) in [5.41, 5.74) is -1.32. The molecular formula is C27H15Cl2N3O5. The van der Waals surface area contributed by atoms with Gasteiger partial charge in [0, 0.05) is 16.8 Å². The van der Waals surface area contributed by atoms with Crippen LogP contribution in [0.3, 0.4) is 0 Å². The van der Waals surface area contributed by atoms with Crippen molar-refractivity contribution in [2.24, 2.45) is 4.99 Å². The van der Waals surface area contributed by atoms with E-state index in [0.29, 0.717) is 22.7 Å². The van der Waals surface area contributed by atoms with E-state index in [9.17, 15) is 14.4 Å². The van der Waals surface area contributed by atoms with Gasteiger partial charge in [0.2, 0.25) is 0 Å². The minimum atomic E-state index is -0.805. The van der Waals surface area contributed by atoms with Gasteiger partial charge in [-0.2, -0.15) is 5.26 Å². The van der Waals surface area contributed by atoms with E-state index < -0.39 is 16.5 Å². The molecule has 1 heterocycles. The number of hydrogen-bond acceptors (Lipinski definition) is 7.